The van der Waals surface area contributed by atoms with Crippen LogP contribution in [0.1, 0.15) is 23.5 Å². The zero-order valence-corrected chi connectivity index (χ0v) is 9.67. The first-order valence-corrected chi connectivity index (χ1v) is 5.32. The number of carbonyl (C=O) groups excluding carboxylic acids is 1. The van der Waals surface area contributed by atoms with E-state index in [9.17, 15) is 14.9 Å². The van der Waals surface area contributed by atoms with E-state index >= 15 is 0 Å². The molecule has 0 aromatic heterocycles. The molecule has 1 aromatic carbocycles. The van der Waals surface area contributed by atoms with E-state index in [1.807, 2.05) is 31.2 Å². The van der Waals surface area contributed by atoms with Crippen LogP contribution in [-0.4, -0.2) is 23.5 Å². The van der Waals surface area contributed by atoms with Gasteiger partial charge in [-0.05, 0) is 12.5 Å². The Labute approximate surface area is 98.5 Å². The summed E-state index contributed by atoms with van der Waals surface area (Å²) in [6, 6.07) is 7.42. The van der Waals surface area contributed by atoms with E-state index in [0.29, 0.717) is 0 Å². The Hall–Kier alpha value is -1.91. The number of hydrogen-bond acceptors (Lipinski definition) is 4. The molecule has 1 aromatic rings. The van der Waals surface area contributed by atoms with Gasteiger partial charge in [0.25, 0.3) is 0 Å². The van der Waals surface area contributed by atoms with E-state index < -0.39 is 16.4 Å². The third-order valence-electron chi connectivity index (χ3n) is 3.28. The molecule has 0 spiro atoms. The Bertz CT molecular complexity index is 468. The number of hydrogen-bond donors (Lipinski definition) is 0. The van der Waals surface area contributed by atoms with Gasteiger partial charge in [0.15, 0.2) is 0 Å². The van der Waals surface area contributed by atoms with Gasteiger partial charge in [0.1, 0.15) is 0 Å². The topological polar surface area (TPSA) is 69.4 Å². The Morgan fingerprint density at radius 3 is 2.53 bits per heavy atom. The van der Waals surface area contributed by atoms with Gasteiger partial charge in [-0.1, -0.05) is 29.8 Å². The molecular weight excluding hydrogens is 222 g/mol. The Balaban J connectivity index is 2.29. The summed E-state index contributed by atoms with van der Waals surface area (Å²) in [6.07, 6.45) is 0.218. The number of aryl methyl sites for hydroxylation is 1. The van der Waals surface area contributed by atoms with Crippen molar-refractivity contribution in [1.82, 2.24) is 0 Å². The highest BCUT2D eigenvalue weighted by molar-refractivity contribution is 5.85. The molecule has 1 aliphatic carbocycles. The molecule has 0 amide bonds. The molecule has 1 aliphatic rings. The maximum atomic E-state index is 11.5. The lowest BCUT2D eigenvalue weighted by atomic mass is 10.0. The fourth-order valence-electron chi connectivity index (χ4n) is 2.12. The summed E-state index contributed by atoms with van der Waals surface area (Å²) >= 11 is 0. The number of carbonyl (C=O) groups is 1. The van der Waals surface area contributed by atoms with Crippen molar-refractivity contribution < 1.29 is 14.5 Å². The van der Waals surface area contributed by atoms with E-state index in [2.05, 4.69) is 4.74 Å². The minimum absolute atomic E-state index is 0.218. The molecule has 1 saturated carbocycles. The Morgan fingerprint density at radius 1 is 1.47 bits per heavy atom. The molecule has 0 N–H and O–H groups in total. The number of ether oxygens (including phenoxy) is 1. The van der Waals surface area contributed by atoms with Gasteiger partial charge in [-0.25, -0.2) is 4.79 Å². The van der Waals surface area contributed by atoms with E-state index in [0.717, 1.165) is 11.1 Å². The van der Waals surface area contributed by atoms with E-state index in [1.54, 1.807) is 0 Å². The first kappa shape index (κ1) is 11.6. The van der Waals surface area contributed by atoms with Crippen molar-refractivity contribution in [3.05, 3.63) is 45.5 Å². The molecule has 5 heteroatoms. The molecular formula is C12H13NO4. The van der Waals surface area contributed by atoms with E-state index in [-0.39, 0.29) is 12.3 Å². The minimum Gasteiger partial charge on any atom is -0.464 e. The van der Waals surface area contributed by atoms with Crippen LogP contribution in [0.25, 0.3) is 0 Å². The van der Waals surface area contributed by atoms with Crippen molar-refractivity contribution in [2.45, 2.75) is 24.8 Å². The van der Waals surface area contributed by atoms with Crippen LogP contribution >= 0.6 is 0 Å². The first-order chi connectivity index (χ1) is 8.02. The van der Waals surface area contributed by atoms with Crippen LogP contribution in [0.3, 0.4) is 0 Å². The van der Waals surface area contributed by atoms with Crippen molar-refractivity contribution in [1.29, 1.82) is 0 Å². The van der Waals surface area contributed by atoms with Crippen molar-refractivity contribution in [3.63, 3.8) is 0 Å². The summed E-state index contributed by atoms with van der Waals surface area (Å²) in [4.78, 5) is 22.0. The third-order valence-corrected chi connectivity index (χ3v) is 3.28. The molecule has 17 heavy (non-hydrogen) atoms. The van der Waals surface area contributed by atoms with E-state index in [1.165, 1.54) is 7.11 Å². The van der Waals surface area contributed by atoms with Crippen LogP contribution in [0.2, 0.25) is 0 Å². The lowest BCUT2D eigenvalue weighted by Gasteiger charge is -2.07. The molecule has 5 nitrogen and oxygen atoms in total. The average molecular weight is 235 g/mol. The first-order valence-electron chi connectivity index (χ1n) is 5.32. The highest BCUT2D eigenvalue weighted by atomic mass is 16.6. The van der Waals surface area contributed by atoms with Crippen LogP contribution in [0.5, 0.6) is 0 Å². The summed E-state index contributed by atoms with van der Waals surface area (Å²) in [5.74, 6) is -1.13. The second kappa shape index (κ2) is 3.84. The van der Waals surface area contributed by atoms with Gasteiger partial charge in [-0.3, -0.25) is 10.1 Å². The highest BCUT2D eigenvalue weighted by Crippen LogP contribution is 2.54. The minimum atomic E-state index is -1.57. The fraction of sp³-hybridized carbons (Fsp3) is 0.417. The van der Waals surface area contributed by atoms with Gasteiger partial charge in [-0.15, -0.1) is 0 Å². The van der Waals surface area contributed by atoms with Crippen molar-refractivity contribution >= 4 is 5.97 Å². The van der Waals surface area contributed by atoms with Gasteiger partial charge in [0, 0.05) is 11.3 Å². The molecule has 0 bridgehead atoms. The SMILES string of the molecule is COC(=O)[C@@]1([N+](=O)[O-])C[C@H]1c1ccc(C)cc1. The van der Waals surface area contributed by atoms with Crippen LogP contribution in [0.15, 0.2) is 24.3 Å². The lowest BCUT2D eigenvalue weighted by Crippen LogP contribution is -2.34. The molecule has 0 radical (unpaired) electrons. The zero-order valence-electron chi connectivity index (χ0n) is 9.67. The van der Waals surface area contributed by atoms with Gasteiger partial charge >= 0.3 is 11.5 Å². The summed E-state index contributed by atoms with van der Waals surface area (Å²) in [5.41, 5.74) is 0.334. The monoisotopic (exact) mass is 235 g/mol. The molecule has 2 rings (SSSR count). The number of methoxy groups -OCH3 is 1. The third kappa shape index (κ3) is 1.67. The van der Waals surface area contributed by atoms with Crippen LogP contribution < -0.4 is 0 Å². The molecule has 90 valence electrons. The van der Waals surface area contributed by atoms with Crippen molar-refractivity contribution in [3.8, 4) is 0 Å². The predicted octanol–water partition coefficient (Wildman–Crippen LogP) is 1.67. The quantitative estimate of drug-likeness (QED) is 0.454. The van der Waals surface area contributed by atoms with Crippen LogP contribution in [-0.2, 0) is 9.53 Å². The molecule has 0 aliphatic heterocycles. The number of nitro groups is 1. The van der Waals surface area contributed by atoms with Gasteiger partial charge in [0.2, 0.25) is 0 Å². The zero-order chi connectivity index (χ0) is 12.6. The molecule has 0 saturated heterocycles. The number of nitrogens with zero attached hydrogens (tertiary/aromatic N) is 1. The second-order valence-corrected chi connectivity index (χ2v) is 4.34. The lowest BCUT2D eigenvalue weighted by molar-refractivity contribution is -0.526. The van der Waals surface area contributed by atoms with Crippen LogP contribution in [0.4, 0.5) is 0 Å². The Kier molecular flexibility index (Phi) is 2.61. The number of rotatable bonds is 3. The fourth-order valence-corrected chi connectivity index (χ4v) is 2.12. The summed E-state index contributed by atoms with van der Waals surface area (Å²) < 4.78 is 4.53. The van der Waals surface area contributed by atoms with Crippen molar-refractivity contribution in [2.24, 2.45) is 0 Å². The molecule has 1 fully saturated rings. The predicted molar refractivity (Wildman–Crippen MR) is 60.3 cm³/mol. The van der Waals surface area contributed by atoms with Crippen molar-refractivity contribution in [2.75, 3.05) is 7.11 Å². The maximum absolute atomic E-state index is 11.5. The molecule has 2 atom stereocenters. The van der Waals surface area contributed by atoms with Gasteiger partial charge < -0.3 is 4.74 Å². The smallest absolute Gasteiger partial charge is 0.385 e. The Morgan fingerprint density at radius 2 is 2.06 bits per heavy atom. The maximum Gasteiger partial charge on any atom is 0.385 e. The largest absolute Gasteiger partial charge is 0.464 e. The van der Waals surface area contributed by atoms with Gasteiger partial charge in [-0.2, -0.15) is 0 Å². The van der Waals surface area contributed by atoms with Gasteiger partial charge in [0.05, 0.1) is 13.0 Å². The number of benzene rings is 1. The summed E-state index contributed by atoms with van der Waals surface area (Å²) in [6.45, 7) is 1.94. The normalized spacial score (nSPS) is 26.4. The standard InChI is InChI=1S/C12H13NO4/c1-8-3-5-9(6-4-8)10-7-12(10,13(15)16)11(14)17-2/h3-6,10H,7H2,1-2H3/t10-,12+/m0/s1. The summed E-state index contributed by atoms with van der Waals surface area (Å²) in [7, 11) is 1.18. The number of esters is 1. The second-order valence-electron chi connectivity index (χ2n) is 4.34. The van der Waals surface area contributed by atoms with Crippen LogP contribution in [0, 0.1) is 17.0 Å². The molecule has 0 heterocycles. The highest BCUT2D eigenvalue weighted by Gasteiger charge is 2.73. The summed E-state index contributed by atoms with van der Waals surface area (Å²) in [5, 5.41) is 11.0. The average Bonchev–Trinajstić information content (AvgIpc) is 3.05. The molecule has 0 unspecified atom stereocenters. The van der Waals surface area contributed by atoms with E-state index in [4.69, 9.17) is 0 Å².